The number of nitrogens with zero attached hydrogens (tertiary/aromatic N) is 1. The van der Waals surface area contributed by atoms with Crippen molar-refractivity contribution >= 4 is 46.7 Å². The third kappa shape index (κ3) is 3.16. The first-order valence-corrected chi connectivity index (χ1v) is 7.06. The van der Waals surface area contributed by atoms with Gasteiger partial charge in [0.15, 0.2) is 0 Å². The zero-order valence-corrected chi connectivity index (χ0v) is 12.5. The minimum atomic E-state index is -0.840. The van der Waals surface area contributed by atoms with Crippen LogP contribution in [0.5, 0.6) is 0 Å². The minimum absolute atomic E-state index is 0.00977. The quantitative estimate of drug-likeness (QED) is 0.888. The van der Waals surface area contributed by atoms with Crippen LogP contribution in [0.15, 0.2) is 6.20 Å². The molecule has 5 nitrogen and oxygen atoms in total. The summed E-state index contributed by atoms with van der Waals surface area (Å²) in [7, 11) is 0. The van der Waals surface area contributed by atoms with E-state index in [4.69, 9.17) is 39.9 Å². The van der Waals surface area contributed by atoms with Gasteiger partial charge in [-0.05, 0) is 19.3 Å². The number of carbonyl (C=O) groups is 2. The number of nitrogens with one attached hydrogen (secondary N) is 1. The van der Waals surface area contributed by atoms with Crippen molar-refractivity contribution in [3.63, 3.8) is 0 Å². The highest BCUT2D eigenvalue weighted by molar-refractivity contribution is 6.48. The average molecular weight is 338 g/mol. The van der Waals surface area contributed by atoms with Crippen LogP contribution in [-0.4, -0.2) is 28.0 Å². The fourth-order valence-electron chi connectivity index (χ4n) is 2.19. The number of carbonyl (C=O) groups excluding carboxylic acids is 1. The third-order valence-corrected chi connectivity index (χ3v) is 4.49. The molecule has 108 valence electrons. The number of aromatic nitrogens is 1. The van der Waals surface area contributed by atoms with E-state index in [1.54, 1.807) is 0 Å². The molecular weight excluding hydrogens is 327 g/mol. The van der Waals surface area contributed by atoms with Crippen LogP contribution in [0.25, 0.3) is 0 Å². The summed E-state index contributed by atoms with van der Waals surface area (Å²) in [5, 5.41) is 11.9. The Balaban J connectivity index is 2.07. The number of hydrogen-bond acceptors (Lipinski definition) is 3. The highest BCUT2D eigenvalue weighted by Gasteiger charge is 2.31. The van der Waals surface area contributed by atoms with Crippen LogP contribution in [0.4, 0.5) is 0 Å². The number of hydrogen-bond donors (Lipinski definition) is 2. The third-order valence-electron chi connectivity index (χ3n) is 3.25. The molecule has 1 aromatic rings. The van der Waals surface area contributed by atoms with Crippen LogP contribution in [0.2, 0.25) is 15.1 Å². The molecule has 2 atom stereocenters. The van der Waals surface area contributed by atoms with E-state index in [1.165, 1.54) is 6.20 Å². The van der Waals surface area contributed by atoms with Gasteiger partial charge in [-0.15, -0.1) is 0 Å². The molecule has 1 aliphatic carbocycles. The summed E-state index contributed by atoms with van der Waals surface area (Å²) in [4.78, 5) is 26.8. The molecule has 1 aromatic heterocycles. The van der Waals surface area contributed by atoms with E-state index in [9.17, 15) is 9.59 Å². The van der Waals surface area contributed by atoms with Crippen LogP contribution in [0, 0.1) is 5.92 Å². The lowest BCUT2D eigenvalue weighted by molar-refractivity contribution is -0.141. The Morgan fingerprint density at radius 1 is 1.25 bits per heavy atom. The standard InChI is InChI=1S/C12H11Cl3N2O3/c13-7-4-16-10(9(15)8(7)14)11(18)17-6-2-1-5(3-6)12(19)20/h4-6H,1-3H2,(H,17,18)(H,19,20)/t5-,6+/m1/s1. The largest absolute Gasteiger partial charge is 0.481 e. The van der Waals surface area contributed by atoms with Gasteiger partial charge in [0.2, 0.25) is 0 Å². The maximum Gasteiger partial charge on any atom is 0.306 e. The molecule has 2 N–H and O–H groups in total. The van der Waals surface area contributed by atoms with Crippen molar-refractivity contribution in [3.05, 3.63) is 27.0 Å². The molecule has 0 bridgehead atoms. The summed E-state index contributed by atoms with van der Waals surface area (Å²) in [5.74, 6) is -1.74. The van der Waals surface area contributed by atoms with Gasteiger partial charge in [-0.1, -0.05) is 34.8 Å². The molecule has 0 unspecified atom stereocenters. The SMILES string of the molecule is O=C(N[C@H]1CC[C@@H](C(=O)O)C1)c1ncc(Cl)c(Cl)c1Cl. The van der Waals surface area contributed by atoms with Crippen LogP contribution in [0.1, 0.15) is 29.8 Å². The number of amides is 1. The zero-order chi connectivity index (χ0) is 14.9. The van der Waals surface area contributed by atoms with Gasteiger partial charge in [-0.25, -0.2) is 4.98 Å². The summed E-state index contributed by atoms with van der Waals surface area (Å²) in [6.07, 6.45) is 2.81. The lowest BCUT2D eigenvalue weighted by Crippen LogP contribution is -2.34. The Kier molecular flexibility index (Phi) is 4.73. The fraction of sp³-hybridized carbons (Fsp3) is 0.417. The van der Waals surface area contributed by atoms with Gasteiger partial charge in [0.05, 0.1) is 21.0 Å². The second-order valence-corrected chi connectivity index (χ2v) is 5.76. The van der Waals surface area contributed by atoms with Gasteiger partial charge in [0.1, 0.15) is 5.69 Å². The van der Waals surface area contributed by atoms with Crippen molar-refractivity contribution in [1.29, 1.82) is 0 Å². The predicted molar refractivity (Wildman–Crippen MR) is 75.5 cm³/mol. The maximum absolute atomic E-state index is 12.1. The van der Waals surface area contributed by atoms with Crippen molar-refractivity contribution in [3.8, 4) is 0 Å². The first kappa shape index (κ1) is 15.4. The normalized spacial score (nSPS) is 21.8. The van der Waals surface area contributed by atoms with Crippen molar-refractivity contribution in [1.82, 2.24) is 10.3 Å². The molecule has 1 heterocycles. The molecule has 0 radical (unpaired) electrons. The number of carboxylic acid groups (broad SMARTS) is 1. The number of rotatable bonds is 3. The van der Waals surface area contributed by atoms with Crippen molar-refractivity contribution in [2.24, 2.45) is 5.92 Å². The molecule has 1 amide bonds. The Morgan fingerprint density at radius 3 is 2.55 bits per heavy atom. The van der Waals surface area contributed by atoms with Gasteiger partial charge >= 0.3 is 5.97 Å². The van der Waals surface area contributed by atoms with E-state index in [0.29, 0.717) is 19.3 Å². The number of halogens is 3. The molecule has 1 saturated carbocycles. The predicted octanol–water partition coefficient (Wildman–Crippen LogP) is 3.02. The van der Waals surface area contributed by atoms with Gasteiger partial charge in [0.25, 0.3) is 5.91 Å². The number of aliphatic carboxylic acids is 1. The first-order chi connectivity index (χ1) is 9.40. The Morgan fingerprint density at radius 2 is 1.95 bits per heavy atom. The van der Waals surface area contributed by atoms with E-state index in [1.807, 2.05) is 0 Å². The molecule has 20 heavy (non-hydrogen) atoms. The molecule has 0 aliphatic heterocycles. The fourth-order valence-corrected chi connectivity index (χ4v) is 2.76. The average Bonchev–Trinajstić information content (AvgIpc) is 2.84. The van der Waals surface area contributed by atoms with E-state index in [2.05, 4.69) is 10.3 Å². The van der Waals surface area contributed by atoms with E-state index in [0.717, 1.165) is 0 Å². The second-order valence-electron chi connectivity index (χ2n) is 4.60. The second kappa shape index (κ2) is 6.16. The highest BCUT2D eigenvalue weighted by atomic mass is 35.5. The molecule has 0 spiro atoms. The van der Waals surface area contributed by atoms with Crippen LogP contribution < -0.4 is 5.32 Å². The number of pyridine rings is 1. The molecule has 0 saturated heterocycles. The smallest absolute Gasteiger partial charge is 0.306 e. The van der Waals surface area contributed by atoms with E-state index in [-0.39, 0.29) is 26.8 Å². The van der Waals surface area contributed by atoms with Gasteiger partial charge in [0, 0.05) is 12.2 Å². The molecule has 1 aliphatic rings. The Hall–Kier alpha value is -1.04. The van der Waals surface area contributed by atoms with Crippen LogP contribution in [0.3, 0.4) is 0 Å². The maximum atomic E-state index is 12.1. The van der Waals surface area contributed by atoms with Crippen molar-refractivity contribution in [2.45, 2.75) is 25.3 Å². The highest BCUT2D eigenvalue weighted by Crippen LogP contribution is 2.31. The summed E-state index contributed by atoms with van der Waals surface area (Å²) in [6, 6.07) is -0.198. The van der Waals surface area contributed by atoms with Gasteiger partial charge in [-0.2, -0.15) is 0 Å². The van der Waals surface area contributed by atoms with Crippen LogP contribution >= 0.6 is 34.8 Å². The summed E-state index contributed by atoms with van der Waals surface area (Å²) >= 11 is 17.5. The van der Waals surface area contributed by atoms with Gasteiger partial charge < -0.3 is 10.4 Å². The lowest BCUT2D eigenvalue weighted by Gasteiger charge is -2.13. The zero-order valence-electron chi connectivity index (χ0n) is 10.2. The van der Waals surface area contributed by atoms with Crippen LogP contribution in [-0.2, 0) is 4.79 Å². The first-order valence-electron chi connectivity index (χ1n) is 5.93. The molecule has 2 rings (SSSR count). The minimum Gasteiger partial charge on any atom is -0.481 e. The van der Waals surface area contributed by atoms with Gasteiger partial charge in [-0.3, -0.25) is 9.59 Å². The molecular formula is C12H11Cl3N2O3. The topological polar surface area (TPSA) is 79.3 Å². The van der Waals surface area contributed by atoms with E-state index < -0.39 is 17.8 Å². The summed E-state index contributed by atoms with van der Waals surface area (Å²) in [5.41, 5.74) is -0.0140. The monoisotopic (exact) mass is 336 g/mol. The molecule has 0 aromatic carbocycles. The van der Waals surface area contributed by atoms with Crippen molar-refractivity contribution in [2.75, 3.05) is 0 Å². The number of carboxylic acids is 1. The van der Waals surface area contributed by atoms with E-state index >= 15 is 0 Å². The summed E-state index contributed by atoms with van der Waals surface area (Å²) < 4.78 is 0. The summed E-state index contributed by atoms with van der Waals surface area (Å²) in [6.45, 7) is 0. The lowest BCUT2D eigenvalue weighted by atomic mass is 10.1. The Labute approximate surface area is 130 Å². The Bertz CT molecular complexity index is 565. The van der Waals surface area contributed by atoms with Crippen molar-refractivity contribution < 1.29 is 14.7 Å². The molecule has 8 heteroatoms. The molecule has 1 fully saturated rings.